The zero-order valence-corrected chi connectivity index (χ0v) is 7.80. The van der Waals surface area contributed by atoms with Crippen molar-refractivity contribution in [3.8, 4) is 0 Å². The molecule has 1 aromatic rings. The lowest BCUT2D eigenvalue weighted by atomic mass is 10.1. The van der Waals surface area contributed by atoms with Crippen molar-refractivity contribution in [3.05, 3.63) is 18.0 Å². The van der Waals surface area contributed by atoms with E-state index in [1.165, 1.54) is 6.42 Å². The van der Waals surface area contributed by atoms with E-state index in [1.54, 1.807) is 6.20 Å². The fourth-order valence-electron chi connectivity index (χ4n) is 0.997. The number of hydrogen-bond acceptors (Lipinski definition) is 2. The second-order valence-corrected chi connectivity index (χ2v) is 3.44. The summed E-state index contributed by atoms with van der Waals surface area (Å²) in [5.74, 6) is 0.777. The van der Waals surface area contributed by atoms with Gasteiger partial charge in [0.05, 0.1) is 0 Å². The summed E-state index contributed by atoms with van der Waals surface area (Å²) in [6.45, 7) is 6.44. The van der Waals surface area contributed by atoms with Crippen molar-refractivity contribution in [2.75, 3.05) is 6.54 Å². The summed E-state index contributed by atoms with van der Waals surface area (Å²) in [5, 5.41) is 10.1. The average molecular weight is 167 g/mol. The largest absolute Gasteiger partial charge is 0.311 e. The maximum Gasteiger partial charge on any atom is 0.0490 e. The van der Waals surface area contributed by atoms with Gasteiger partial charge in [-0.25, -0.2) is 0 Å². The van der Waals surface area contributed by atoms with Gasteiger partial charge in [-0.15, -0.1) is 0 Å². The first-order valence-corrected chi connectivity index (χ1v) is 4.48. The molecule has 68 valence electrons. The van der Waals surface area contributed by atoms with Crippen molar-refractivity contribution in [2.45, 2.75) is 26.8 Å². The zero-order valence-electron chi connectivity index (χ0n) is 7.80. The molecule has 0 radical (unpaired) electrons. The second kappa shape index (κ2) is 4.93. The fourth-order valence-corrected chi connectivity index (χ4v) is 0.997. The summed E-state index contributed by atoms with van der Waals surface area (Å²) in [6.07, 6.45) is 3.01. The Morgan fingerprint density at radius 3 is 3.00 bits per heavy atom. The van der Waals surface area contributed by atoms with Crippen LogP contribution >= 0.6 is 0 Å². The van der Waals surface area contributed by atoms with Crippen LogP contribution in [-0.4, -0.2) is 16.7 Å². The van der Waals surface area contributed by atoms with Gasteiger partial charge < -0.3 is 5.32 Å². The van der Waals surface area contributed by atoms with Crippen LogP contribution in [0.3, 0.4) is 0 Å². The predicted molar refractivity (Wildman–Crippen MR) is 49.7 cm³/mol. The molecule has 3 nitrogen and oxygen atoms in total. The van der Waals surface area contributed by atoms with Crippen LogP contribution in [0.25, 0.3) is 0 Å². The van der Waals surface area contributed by atoms with Gasteiger partial charge in [0.25, 0.3) is 0 Å². The molecule has 0 aliphatic heterocycles. The molecule has 0 spiro atoms. The third kappa shape index (κ3) is 3.53. The summed E-state index contributed by atoms with van der Waals surface area (Å²) in [7, 11) is 0. The Balaban J connectivity index is 2.04. The topological polar surface area (TPSA) is 40.7 Å². The third-order valence-electron chi connectivity index (χ3n) is 1.77. The number of hydrogen-bond donors (Lipinski definition) is 2. The SMILES string of the molecule is CC(C)CCNCc1ccn[nH]1. The molecule has 1 heterocycles. The van der Waals surface area contributed by atoms with Crippen molar-refractivity contribution < 1.29 is 0 Å². The summed E-state index contributed by atoms with van der Waals surface area (Å²) in [5.41, 5.74) is 1.15. The molecule has 0 atom stereocenters. The molecule has 0 unspecified atom stereocenters. The van der Waals surface area contributed by atoms with Crippen LogP contribution in [0.2, 0.25) is 0 Å². The number of aromatic nitrogens is 2. The van der Waals surface area contributed by atoms with Crippen LogP contribution in [0.4, 0.5) is 0 Å². The van der Waals surface area contributed by atoms with Gasteiger partial charge in [-0.2, -0.15) is 5.10 Å². The van der Waals surface area contributed by atoms with Gasteiger partial charge >= 0.3 is 0 Å². The number of nitrogens with one attached hydrogen (secondary N) is 2. The number of nitrogens with zero attached hydrogens (tertiary/aromatic N) is 1. The summed E-state index contributed by atoms with van der Waals surface area (Å²) in [6, 6.07) is 1.99. The number of H-pyrrole nitrogens is 1. The Labute approximate surface area is 73.6 Å². The van der Waals surface area contributed by atoms with E-state index in [2.05, 4.69) is 29.4 Å². The standard InChI is InChI=1S/C9H17N3/c1-8(2)3-5-10-7-9-4-6-11-12-9/h4,6,8,10H,3,5,7H2,1-2H3,(H,11,12). The molecule has 0 amide bonds. The van der Waals surface area contributed by atoms with Crippen LogP contribution in [0.5, 0.6) is 0 Å². The first-order chi connectivity index (χ1) is 5.79. The highest BCUT2D eigenvalue weighted by Gasteiger charge is 1.94. The molecule has 2 N–H and O–H groups in total. The normalized spacial score (nSPS) is 10.9. The van der Waals surface area contributed by atoms with Gasteiger partial charge in [-0.3, -0.25) is 5.10 Å². The summed E-state index contributed by atoms with van der Waals surface area (Å²) >= 11 is 0. The average Bonchev–Trinajstić information content (AvgIpc) is 2.49. The van der Waals surface area contributed by atoms with Crippen LogP contribution in [0.1, 0.15) is 26.0 Å². The van der Waals surface area contributed by atoms with Crippen molar-refractivity contribution in [3.63, 3.8) is 0 Å². The van der Waals surface area contributed by atoms with Gasteiger partial charge in [-0.05, 0) is 24.9 Å². The lowest BCUT2D eigenvalue weighted by Crippen LogP contribution is -2.16. The lowest BCUT2D eigenvalue weighted by Gasteiger charge is -2.04. The van der Waals surface area contributed by atoms with E-state index in [9.17, 15) is 0 Å². The smallest absolute Gasteiger partial charge is 0.0490 e. The summed E-state index contributed by atoms with van der Waals surface area (Å²) < 4.78 is 0. The highest BCUT2D eigenvalue weighted by atomic mass is 15.1. The molecule has 12 heavy (non-hydrogen) atoms. The zero-order chi connectivity index (χ0) is 8.81. The molecule has 0 aliphatic rings. The lowest BCUT2D eigenvalue weighted by molar-refractivity contribution is 0.535. The van der Waals surface area contributed by atoms with E-state index in [4.69, 9.17) is 0 Å². The Bertz CT molecular complexity index is 192. The highest BCUT2D eigenvalue weighted by Crippen LogP contribution is 1.97. The minimum Gasteiger partial charge on any atom is -0.311 e. The molecule has 0 saturated heterocycles. The van der Waals surface area contributed by atoms with Gasteiger partial charge in [0.1, 0.15) is 0 Å². The molecule has 0 fully saturated rings. The molecule has 1 rings (SSSR count). The van der Waals surface area contributed by atoms with E-state index >= 15 is 0 Å². The van der Waals surface area contributed by atoms with E-state index in [0.29, 0.717) is 0 Å². The maximum atomic E-state index is 3.87. The fraction of sp³-hybridized carbons (Fsp3) is 0.667. The molecule has 0 bridgehead atoms. The quantitative estimate of drug-likeness (QED) is 0.653. The van der Waals surface area contributed by atoms with Crippen LogP contribution in [-0.2, 0) is 6.54 Å². The predicted octanol–water partition coefficient (Wildman–Crippen LogP) is 1.55. The number of aromatic amines is 1. The van der Waals surface area contributed by atoms with E-state index in [0.717, 1.165) is 24.7 Å². The number of rotatable bonds is 5. The molecule has 0 aliphatic carbocycles. The Morgan fingerprint density at radius 2 is 2.42 bits per heavy atom. The second-order valence-electron chi connectivity index (χ2n) is 3.44. The highest BCUT2D eigenvalue weighted by molar-refractivity contribution is 4.96. The van der Waals surface area contributed by atoms with E-state index in [-0.39, 0.29) is 0 Å². The van der Waals surface area contributed by atoms with Gasteiger partial charge in [0.2, 0.25) is 0 Å². The third-order valence-corrected chi connectivity index (χ3v) is 1.77. The molecular weight excluding hydrogens is 150 g/mol. The van der Waals surface area contributed by atoms with Gasteiger partial charge in [0.15, 0.2) is 0 Å². The minimum absolute atomic E-state index is 0.777. The Morgan fingerprint density at radius 1 is 1.58 bits per heavy atom. The summed E-state index contributed by atoms with van der Waals surface area (Å²) in [4.78, 5) is 0. The Kier molecular flexibility index (Phi) is 3.80. The molecule has 0 saturated carbocycles. The van der Waals surface area contributed by atoms with Crippen molar-refractivity contribution in [1.29, 1.82) is 0 Å². The molecule has 0 aromatic carbocycles. The van der Waals surface area contributed by atoms with Crippen molar-refractivity contribution >= 4 is 0 Å². The molecule has 1 aromatic heterocycles. The van der Waals surface area contributed by atoms with Crippen LogP contribution < -0.4 is 5.32 Å². The van der Waals surface area contributed by atoms with E-state index in [1.807, 2.05) is 6.07 Å². The molecule has 3 heteroatoms. The van der Waals surface area contributed by atoms with Gasteiger partial charge in [0, 0.05) is 18.4 Å². The molecular formula is C9H17N3. The van der Waals surface area contributed by atoms with Crippen LogP contribution in [0.15, 0.2) is 12.3 Å². The van der Waals surface area contributed by atoms with Crippen molar-refractivity contribution in [2.24, 2.45) is 5.92 Å². The van der Waals surface area contributed by atoms with Crippen molar-refractivity contribution in [1.82, 2.24) is 15.5 Å². The van der Waals surface area contributed by atoms with Crippen LogP contribution in [0, 0.1) is 5.92 Å². The monoisotopic (exact) mass is 167 g/mol. The van der Waals surface area contributed by atoms with E-state index < -0.39 is 0 Å². The Hall–Kier alpha value is -0.830. The maximum absolute atomic E-state index is 3.87. The first-order valence-electron chi connectivity index (χ1n) is 4.48. The minimum atomic E-state index is 0.777. The van der Waals surface area contributed by atoms with Gasteiger partial charge in [-0.1, -0.05) is 13.8 Å². The first kappa shape index (κ1) is 9.26.